The molecular formula is C15H21FN2O3. The van der Waals surface area contributed by atoms with Crippen LogP contribution in [0.25, 0.3) is 0 Å². The van der Waals surface area contributed by atoms with Gasteiger partial charge in [-0.05, 0) is 52.3 Å². The molecule has 0 fully saturated rings. The minimum Gasteiger partial charge on any atom is -0.444 e. The highest BCUT2D eigenvalue weighted by molar-refractivity contribution is 5.96. The summed E-state index contributed by atoms with van der Waals surface area (Å²) in [6, 6.07) is 3.31. The van der Waals surface area contributed by atoms with E-state index in [1.165, 1.54) is 19.1 Å². The molecule has 1 aromatic carbocycles. The van der Waals surface area contributed by atoms with Crippen molar-refractivity contribution in [2.75, 3.05) is 5.32 Å². The summed E-state index contributed by atoms with van der Waals surface area (Å²) in [5, 5.41) is 4.99. The first kappa shape index (κ1) is 16.9. The number of carbonyl (C=O) groups is 2. The molecule has 0 aliphatic rings. The maximum atomic E-state index is 13.2. The summed E-state index contributed by atoms with van der Waals surface area (Å²) < 4.78 is 18.2. The number of alkyl carbamates (subject to hydrolysis) is 1. The van der Waals surface area contributed by atoms with E-state index in [2.05, 4.69) is 10.6 Å². The lowest BCUT2D eigenvalue weighted by Gasteiger charge is -2.21. The van der Waals surface area contributed by atoms with Crippen molar-refractivity contribution >= 4 is 17.7 Å². The van der Waals surface area contributed by atoms with Crippen LogP contribution in [0.4, 0.5) is 14.9 Å². The van der Waals surface area contributed by atoms with Crippen molar-refractivity contribution in [3.8, 4) is 0 Å². The summed E-state index contributed by atoms with van der Waals surface area (Å²) >= 11 is 0. The topological polar surface area (TPSA) is 67.4 Å². The third-order valence-corrected chi connectivity index (χ3v) is 2.58. The lowest BCUT2D eigenvalue weighted by molar-refractivity contribution is -0.117. The molecular weight excluding hydrogens is 275 g/mol. The Kier molecular flexibility index (Phi) is 5.29. The van der Waals surface area contributed by atoms with Crippen LogP contribution < -0.4 is 10.6 Å². The van der Waals surface area contributed by atoms with E-state index >= 15 is 0 Å². The summed E-state index contributed by atoms with van der Waals surface area (Å²) in [6.45, 7) is 8.46. The Labute approximate surface area is 123 Å². The van der Waals surface area contributed by atoms with E-state index in [4.69, 9.17) is 4.74 Å². The second-order valence-electron chi connectivity index (χ2n) is 5.82. The van der Waals surface area contributed by atoms with E-state index < -0.39 is 29.5 Å². The van der Waals surface area contributed by atoms with E-state index in [0.29, 0.717) is 5.69 Å². The van der Waals surface area contributed by atoms with Gasteiger partial charge in [-0.1, -0.05) is 6.07 Å². The van der Waals surface area contributed by atoms with Crippen LogP contribution in [0.5, 0.6) is 0 Å². The largest absolute Gasteiger partial charge is 0.444 e. The number of benzene rings is 1. The second-order valence-corrected chi connectivity index (χ2v) is 5.82. The van der Waals surface area contributed by atoms with Crippen LogP contribution >= 0.6 is 0 Å². The summed E-state index contributed by atoms with van der Waals surface area (Å²) in [7, 11) is 0. The average molecular weight is 296 g/mol. The number of hydrogen-bond donors (Lipinski definition) is 2. The molecule has 6 heteroatoms. The van der Waals surface area contributed by atoms with Crippen molar-refractivity contribution in [3.63, 3.8) is 0 Å². The molecule has 0 heterocycles. The maximum absolute atomic E-state index is 13.2. The lowest BCUT2D eigenvalue weighted by Crippen LogP contribution is -2.44. The van der Waals surface area contributed by atoms with Crippen molar-refractivity contribution in [2.24, 2.45) is 0 Å². The molecule has 2 N–H and O–H groups in total. The van der Waals surface area contributed by atoms with E-state index in [1.807, 2.05) is 0 Å². The molecule has 1 rings (SSSR count). The van der Waals surface area contributed by atoms with Gasteiger partial charge in [-0.25, -0.2) is 9.18 Å². The summed E-state index contributed by atoms with van der Waals surface area (Å²) in [4.78, 5) is 23.5. The number of anilines is 1. The first-order valence-corrected chi connectivity index (χ1v) is 6.65. The van der Waals surface area contributed by atoms with Crippen molar-refractivity contribution < 1.29 is 18.7 Å². The third-order valence-electron chi connectivity index (χ3n) is 2.58. The highest BCUT2D eigenvalue weighted by atomic mass is 19.1. The second kappa shape index (κ2) is 6.56. The van der Waals surface area contributed by atoms with Crippen LogP contribution in [0.2, 0.25) is 0 Å². The van der Waals surface area contributed by atoms with Gasteiger partial charge in [-0.15, -0.1) is 0 Å². The summed E-state index contributed by atoms with van der Waals surface area (Å²) in [5.74, 6) is -0.891. The molecule has 0 saturated heterocycles. The monoisotopic (exact) mass is 296 g/mol. The quantitative estimate of drug-likeness (QED) is 0.901. The minimum absolute atomic E-state index is 0.373. The third kappa shape index (κ3) is 5.81. The lowest BCUT2D eigenvalue weighted by atomic mass is 10.2. The fourth-order valence-electron chi connectivity index (χ4n) is 1.52. The normalized spacial score (nSPS) is 12.5. The van der Waals surface area contributed by atoms with Crippen LogP contribution in [0.3, 0.4) is 0 Å². The van der Waals surface area contributed by atoms with Gasteiger partial charge in [-0.3, -0.25) is 4.79 Å². The summed E-state index contributed by atoms with van der Waals surface area (Å²) in [6.07, 6.45) is -0.680. The first-order chi connectivity index (χ1) is 9.58. The molecule has 0 aliphatic carbocycles. The SMILES string of the molecule is Cc1ccc(F)cc1NC(=O)C(C)NC(=O)OC(C)(C)C. The predicted molar refractivity (Wildman–Crippen MR) is 78.6 cm³/mol. The van der Waals surface area contributed by atoms with Gasteiger partial charge < -0.3 is 15.4 Å². The standard InChI is InChI=1S/C15H21FN2O3/c1-9-6-7-11(16)8-12(9)18-13(19)10(2)17-14(20)21-15(3,4)5/h6-8,10H,1-5H3,(H,17,20)(H,18,19). The summed E-state index contributed by atoms with van der Waals surface area (Å²) in [5.41, 5.74) is 0.464. The number of hydrogen-bond acceptors (Lipinski definition) is 3. The zero-order valence-corrected chi connectivity index (χ0v) is 12.9. The van der Waals surface area contributed by atoms with Crippen LogP contribution in [0.15, 0.2) is 18.2 Å². The van der Waals surface area contributed by atoms with Gasteiger partial charge in [0.1, 0.15) is 17.5 Å². The molecule has 0 aromatic heterocycles. The molecule has 5 nitrogen and oxygen atoms in total. The Hall–Kier alpha value is -2.11. The molecule has 0 bridgehead atoms. The number of ether oxygens (including phenoxy) is 1. The van der Waals surface area contributed by atoms with Gasteiger partial charge >= 0.3 is 6.09 Å². The number of aryl methyl sites for hydroxylation is 1. The Morgan fingerprint density at radius 1 is 1.29 bits per heavy atom. The number of carbonyl (C=O) groups excluding carboxylic acids is 2. The number of nitrogens with one attached hydrogen (secondary N) is 2. The fraction of sp³-hybridized carbons (Fsp3) is 0.467. The van der Waals surface area contributed by atoms with Crippen molar-refractivity contribution in [1.29, 1.82) is 0 Å². The van der Waals surface area contributed by atoms with Gasteiger partial charge in [0.15, 0.2) is 0 Å². The number of rotatable bonds is 3. The smallest absolute Gasteiger partial charge is 0.408 e. The van der Waals surface area contributed by atoms with Crippen LogP contribution in [0, 0.1) is 12.7 Å². The molecule has 21 heavy (non-hydrogen) atoms. The molecule has 0 radical (unpaired) electrons. The zero-order valence-electron chi connectivity index (χ0n) is 12.9. The molecule has 116 valence electrons. The number of amides is 2. The van der Waals surface area contributed by atoms with Gasteiger partial charge in [0.05, 0.1) is 0 Å². The Balaban J connectivity index is 2.63. The Morgan fingerprint density at radius 2 is 1.90 bits per heavy atom. The zero-order chi connectivity index (χ0) is 16.2. The predicted octanol–water partition coefficient (Wildman–Crippen LogP) is 2.99. The minimum atomic E-state index is -0.803. The molecule has 0 aliphatic heterocycles. The fourth-order valence-corrected chi connectivity index (χ4v) is 1.52. The molecule has 1 unspecified atom stereocenters. The Bertz CT molecular complexity index is 538. The molecule has 0 spiro atoms. The first-order valence-electron chi connectivity index (χ1n) is 6.65. The highest BCUT2D eigenvalue weighted by Gasteiger charge is 2.21. The van der Waals surface area contributed by atoms with E-state index in [0.717, 1.165) is 5.56 Å². The van der Waals surface area contributed by atoms with Gasteiger partial charge in [0.25, 0.3) is 0 Å². The van der Waals surface area contributed by atoms with Crippen LogP contribution in [0.1, 0.15) is 33.3 Å². The highest BCUT2D eigenvalue weighted by Crippen LogP contribution is 2.16. The van der Waals surface area contributed by atoms with Crippen molar-refractivity contribution in [3.05, 3.63) is 29.6 Å². The molecule has 2 amide bonds. The van der Waals surface area contributed by atoms with E-state index in [9.17, 15) is 14.0 Å². The average Bonchev–Trinajstić information content (AvgIpc) is 2.31. The molecule has 1 aromatic rings. The number of halogens is 1. The van der Waals surface area contributed by atoms with Crippen LogP contribution in [-0.2, 0) is 9.53 Å². The Morgan fingerprint density at radius 3 is 2.48 bits per heavy atom. The van der Waals surface area contributed by atoms with E-state index in [-0.39, 0.29) is 0 Å². The van der Waals surface area contributed by atoms with Gasteiger partial charge in [-0.2, -0.15) is 0 Å². The van der Waals surface area contributed by atoms with Gasteiger partial charge in [0, 0.05) is 5.69 Å². The maximum Gasteiger partial charge on any atom is 0.408 e. The molecule has 0 saturated carbocycles. The van der Waals surface area contributed by atoms with Gasteiger partial charge in [0.2, 0.25) is 5.91 Å². The van der Waals surface area contributed by atoms with E-state index in [1.54, 1.807) is 33.8 Å². The molecule has 1 atom stereocenters. The van der Waals surface area contributed by atoms with Crippen molar-refractivity contribution in [1.82, 2.24) is 5.32 Å². The van der Waals surface area contributed by atoms with Crippen LogP contribution in [-0.4, -0.2) is 23.6 Å². The van der Waals surface area contributed by atoms with Crippen molar-refractivity contribution in [2.45, 2.75) is 46.3 Å².